The van der Waals surface area contributed by atoms with Gasteiger partial charge in [-0.25, -0.2) is 4.98 Å². The molecule has 2 N–H and O–H groups in total. The Balaban J connectivity index is 1.73. The van der Waals surface area contributed by atoms with Gasteiger partial charge in [0.2, 0.25) is 5.91 Å². The smallest absolute Gasteiger partial charge is 0.226 e. The molecule has 0 spiro atoms. The van der Waals surface area contributed by atoms with Crippen LogP contribution in [-0.4, -0.2) is 22.4 Å². The lowest BCUT2D eigenvalue weighted by atomic mass is 10.1. The zero-order chi connectivity index (χ0) is 12.8. The van der Waals surface area contributed by atoms with Gasteiger partial charge in [-0.15, -0.1) is 0 Å². The summed E-state index contributed by atoms with van der Waals surface area (Å²) in [5.74, 6) is -0.0127. The lowest BCUT2D eigenvalue weighted by molar-refractivity contribution is -0.120. The van der Waals surface area contributed by atoms with Gasteiger partial charge in [0.15, 0.2) is 0 Å². The Morgan fingerprint density at radius 3 is 3.06 bits per heavy atom. The number of nitrogens with zero attached hydrogens (tertiary/aromatic N) is 1. The van der Waals surface area contributed by atoms with E-state index in [1.54, 1.807) is 12.5 Å². The second kappa shape index (κ2) is 6.21. The van der Waals surface area contributed by atoms with Crippen molar-refractivity contribution >= 4 is 17.5 Å². The SMILES string of the molecule is O=C(Cc1cnc[nH]1)NCCc1cccc(Cl)c1. The first kappa shape index (κ1) is 12.6. The lowest BCUT2D eigenvalue weighted by Gasteiger charge is -2.04. The normalized spacial score (nSPS) is 10.3. The highest BCUT2D eigenvalue weighted by Gasteiger charge is 2.03. The predicted octanol–water partition coefficient (Wildman–Crippen LogP) is 1.96. The van der Waals surface area contributed by atoms with Crippen molar-refractivity contribution in [3.63, 3.8) is 0 Å². The van der Waals surface area contributed by atoms with Gasteiger partial charge in [-0.3, -0.25) is 4.79 Å². The summed E-state index contributed by atoms with van der Waals surface area (Å²) in [5, 5.41) is 3.58. The van der Waals surface area contributed by atoms with Crippen LogP contribution < -0.4 is 5.32 Å². The maximum atomic E-state index is 11.6. The van der Waals surface area contributed by atoms with Crippen molar-refractivity contribution in [2.24, 2.45) is 0 Å². The topological polar surface area (TPSA) is 57.8 Å². The number of imidazole rings is 1. The van der Waals surface area contributed by atoms with Crippen LogP contribution in [-0.2, 0) is 17.6 Å². The summed E-state index contributed by atoms with van der Waals surface area (Å²) in [5.41, 5.74) is 1.93. The predicted molar refractivity (Wildman–Crippen MR) is 70.5 cm³/mol. The monoisotopic (exact) mass is 263 g/mol. The van der Waals surface area contributed by atoms with Crippen LogP contribution in [0.3, 0.4) is 0 Å². The number of amides is 1. The fraction of sp³-hybridized carbons (Fsp3) is 0.231. The van der Waals surface area contributed by atoms with Crippen LogP contribution in [0, 0.1) is 0 Å². The Morgan fingerprint density at radius 1 is 1.44 bits per heavy atom. The number of aromatic amines is 1. The third kappa shape index (κ3) is 3.89. The van der Waals surface area contributed by atoms with E-state index in [9.17, 15) is 4.79 Å². The number of hydrogen-bond acceptors (Lipinski definition) is 2. The van der Waals surface area contributed by atoms with Gasteiger partial charge in [-0.1, -0.05) is 23.7 Å². The van der Waals surface area contributed by atoms with E-state index >= 15 is 0 Å². The van der Waals surface area contributed by atoms with Crippen LogP contribution in [0.4, 0.5) is 0 Å². The third-order valence-corrected chi connectivity index (χ3v) is 2.77. The maximum Gasteiger partial charge on any atom is 0.226 e. The highest BCUT2D eigenvalue weighted by Crippen LogP contribution is 2.10. The molecule has 94 valence electrons. The molecule has 5 heteroatoms. The maximum absolute atomic E-state index is 11.6. The molecule has 0 unspecified atom stereocenters. The molecule has 1 aromatic carbocycles. The van der Waals surface area contributed by atoms with Gasteiger partial charge in [0.05, 0.1) is 12.7 Å². The number of benzene rings is 1. The Kier molecular flexibility index (Phi) is 4.36. The summed E-state index contributed by atoms with van der Waals surface area (Å²) in [6, 6.07) is 7.64. The molecule has 1 aromatic heterocycles. The summed E-state index contributed by atoms with van der Waals surface area (Å²) >= 11 is 5.88. The largest absolute Gasteiger partial charge is 0.355 e. The Morgan fingerprint density at radius 2 is 2.33 bits per heavy atom. The molecule has 0 aliphatic rings. The van der Waals surface area contributed by atoms with Gasteiger partial charge in [-0.2, -0.15) is 0 Å². The van der Waals surface area contributed by atoms with Gasteiger partial charge in [0.25, 0.3) is 0 Å². The molecule has 0 saturated heterocycles. The van der Waals surface area contributed by atoms with E-state index in [4.69, 9.17) is 11.6 Å². The van der Waals surface area contributed by atoms with Crippen molar-refractivity contribution in [1.29, 1.82) is 0 Å². The lowest BCUT2D eigenvalue weighted by Crippen LogP contribution is -2.27. The molecule has 2 rings (SSSR count). The van der Waals surface area contributed by atoms with Crippen molar-refractivity contribution in [2.75, 3.05) is 6.54 Å². The van der Waals surface area contributed by atoms with Crippen LogP contribution in [0.5, 0.6) is 0 Å². The van der Waals surface area contributed by atoms with Gasteiger partial charge in [0, 0.05) is 23.5 Å². The summed E-state index contributed by atoms with van der Waals surface area (Å²) in [7, 11) is 0. The van der Waals surface area contributed by atoms with Crippen molar-refractivity contribution < 1.29 is 4.79 Å². The Bertz CT molecular complexity index is 511. The van der Waals surface area contributed by atoms with Crippen molar-refractivity contribution in [3.05, 3.63) is 53.1 Å². The average molecular weight is 264 g/mol. The van der Waals surface area contributed by atoms with E-state index in [1.807, 2.05) is 24.3 Å². The molecule has 0 radical (unpaired) electrons. The molecule has 0 aliphatic heterocycles. The third-order valence-electron chi connectivity index (χ3n) is 2.53. The molecule has 1 heterocycles. The van der Waals surface area contributed by atoms with Gasteiger partial charge in [0.1, 0.15) is 0 Å². The first-order chi connectivity index (χ1) is 8.74. The molecule has 0 atom stereocenters. The molecular weight excluding hydrogens is 250 g/mol. The van der Waals surface area contributed by atoms with Crippen LogP contribution in [0.25, 0.3) is 0 Å². The van der Waals surface area contributed by atoms with Crippen LogP contribution in [0.15, 0.2) is 36.8 Å². The average Bonchev–Trinajstić information content (AvgIpc) is 2.82. The van der Waals surface area contributed by atoms with Gasteiger partial charge >= 0.3 is 0 Å². The van der Waals surface area contributed by atoms with Crippen molar-refractivity contribution in [3.8, 4) is 0 Å². The molecule has 0 aliphatic carbocycles. The van der Waals surface area contributed by atoms with Crippen molar-refractivity contribution in [1.82, 2.24) is 15.3 Å². The molecule has 0 bridgehead atoms. The summed E-state index contributed by atoms with van der Waals surface area (Å²) in [6.45, 7) is 0.604. The molecular formula is C13H14ClN3O. The van der Waals surface area contributed by atoms with E-state index in [0.29, 0.717) is 13.0 Å². The van der Waals surface area contributed by atoms with E-state index < -0.39 is 0 Å². The fourth-order valence-corrected chi connectivity index (χ4v) is 1.87. The molecule has 18 heavy (non-hydrogen) atoms. The number of carbonyl (C=O) groups excluding carboxylic acids is 1. The summed E-state index contributed by atoms with van der Waals surface area (Å²) in [6.07, 6.45) is 4.32. The van der Waals surface area contributed by atoms with Crippen LogP contribution in [0.1, 0.15) is 11.3 Å². The molecule has 1 amide bonds. The number of halogens is 1. The van der Waals surface area contributed by atoms with E-state index in [0.717, 1.165) is 22.7 Å². The minimum absolute atomic E-state index is 0.0127. The number of hydrogen-bond donors (Lipinski definition) is 2. The molecule has 0 saturated carbocycles. The first-order valence-corrected chi connectivity index (χ1v) is 6.10. The molecule has 4 nitrogen and oxygen atoms in total. The van der Waals surface area contributed by atoms with Gasteiger partial charge < -0.3 is 10.3 Å². The first-order valence-electron chi connectivity index (χ1n) is 5.72. The number of nitrogens with one attached hydrogen (secondary N) is 2. The van der Waals surface area contributed by atoms with Gasteiger partial charge in [-0.05, 0) is 24.1 Å². The van der Waals surface area contributed by atoms with E-state index in [2.05, 4.69) is 15.3 Å². The van der Waals surface area contributed by atoms with E-state index in [1.165, 1.54) is 0 Å². The fourth-order valence-electron chi connectivity index (χ4n) is 1.66. The summed E-state index contributed by atoms with van der Waals surface area (Å²) in [4.78, 5) is 18.3. The number of H-pyrrole nitrogens is 1. The Labute approximate surface area is 110 Å². The second-order valence-electron chi connectivity index (χ2n) is 3.98. The number of rotatable bonds is 5. The van der Waals surface area contributed by atoms with Crippen LogP contribution >= 0.6 is 11.6 Å². The zero-order valence-corrected chi connectivity index (χ0v) is 10.6. The minimum Gasteiger partial charge on any atom is -0.355 e. The molecule has 2 aromatic rings. The number of aromatic nitrogens is 2. The minimum atomic E-state index is -0.0127. The highest BCUT2D eigenvalue weighted by atomic mass is 35.5. The zero-order valence-electron chi connectivity index (χ0n) is 9.82. The summed E-state index contributed by atoms with van der Waals surface area (Å²) < 4.78 is 0. The quantitative estimate of drug-likeness (QED) is 0.866. The highest BCUT2D eigenvalue weighted by molar-refractivity contribution is 6.30. The second-order valence-corrected chi connectivity index (χ2v) is 4.42. The standard InChI is InChI=1S/C13H14ClN3O/c14-11-3-1-2-10(6-11)4-5-16-13(18)7-12-8-15-9-17-12/h1-3,6,8-9H,4-5,7H2,(H,15,17)(H,16,18). The molecule has 0 fully saturated rings. The Hall–Kier alpha value is -1.81. The van der Waals surface area contributed by atoms with E-state index in [-0.39, 0.29) is 5.91 Å². The van der Waals surface area contributed by atoms with Crippen LogP contribution in [0.2, 0.25) is 5.02 Å². The number of carbonyl (C=O) groups is 1. The van der Waals surface area contributed by atoms with Crippen molar-refractivity contribution in [2.45, 2.75) is 12.8 Å².